The largest absolute Gasteiger partial charge is 0.492 e. The van der Waals surface area contributed by atoms with E-state index in [1.807, 2.05) is 0 Å². The highest BCUT2D eigenvalue weighted by atomic mass is 16.5. The lowest BCUT2D eigenvalue weighted by atomic mass is 9.75. The van der Waals surface area contributed by atoms with Gasteiger partial charge in [-0.05, 0) is 41.7 Å². The Kier molecular flexibility index (Phi) is 5.11. The van der Waals surface area contributed by atoms with Crippen LogP contribution >= 0.6 is 0 Å². The fourth-order valence-electron chi connectivity index (χ4n) is 2.69. The number of fused-ring (bicyclic) bond motifs is 1. The predicted molar refractivity (Wildman–Crippen MR) is 89.9 cm³/mol. The molecule has 0 saturated heterocycles. The molecule has 0 saturated carbocycles. The van der Waals surface area contributed by atoms with Gasteiger partial charge in [-0.1, -0.05) is 12.1 Å². The van der Waals surface area contributed by atoms with Crippen LogP contribution in [0.1, 0.15) is 27.2 Å². The van der Waals surface area contributed by atoms with Crippen LogP contribution in [0.2, 0.25) is 0 Å². The summed E-state index contributed by atoms with van der Waals surface area (Å²) in [6.07, 6.45) is 1.61. The minimum absolute atomic E-state index is 0.0525. The van der Waals surface area contributed by atoms with Gasteiger partial charge in [-0.15, -0.1) is 0 Å². The van der Waals surface area contributed by atoms with Crippen LogP contribution in [0.15, 0.2) is 36.5 Å². The second kappa shape index (κ2) is 7.46. The van der Waals surface area contributed by atoms with E-state index < -0.39 is 19.0 Å². The first kappa shape index (κ1) is 17.1. The molecule has 1 aromatic heterocycles. The molecule has 0 spiro atoms. The predicted octanol–water partition coefficient (Wildman–Crippen LogP) is 0.0809. The Morgan fingerprint density at radius 1 is 1.36 bits per heavy atom. The number of carbonyl (C=O) groups excluding carboxylic acids is 2. The maximum atomic E-state index is 12.3. The number of ether oxygens (including phenoxy) is 1. The van der Waals surface area contributed by atoms with Gasteiger partial charge in [0, 0.05) is 11.8 Å². The van der Waals surface area contributed by atoms with Crippen molar-refractivity contribution in [2.75, 3.05) is 6.54 Å². The summed E-state index contributed by atoms with van der Waals surface area (Å²) in [7, 11) is -1.02. The second-order valence-corrected chi connectivity index (χ2v) is 5.64. The van der Waals surface area contributed by atoms with Crippen molar-refractivity contribution < 1.29 is 24.0 Å². The van der Waals surface area contributed by atoms with Crippen molar-refractivity contribution in [2.24, 2.45) is 0 Å². The minimum atomic E-state index is -1.02. The van der Waals surface area contributed by atoms with E-state index >= 15 is 0 Å². The number of aromatic nitrogens is 1. The quantitative estimate of drug-likeness (QED) is 0.591. The van der Waals surface area contributed by atoms with Crippen molar-refractivity contribution in [1.82, 2.24) is 10.3 Å². The molecule has 2 heterocycles. The van der Waals surface area contributed by atoms with Gasteiger partial charge >= 0.3 is 13.1 Å². The van der Waals surface area contributed by atoms with E-state index in [0.717, 1.165) is 5.56 Å². The molecule has 8 heteroatoms. The van der Waals surface area contributed by atoms with Gasteiger partial charge in [-0.3, -0.25) is 14.6 Å². The molecular formula is C17H17BN2O5. The van der Waals surface area contributed by atoms with Crippen molar-refractivity contribution in [3.8, 4) is 0 Å². The first-order valence-electron chi connectivity index (χ1n) is 7.82. The molecule has 128 valence electrons. The summed E-state index contributed by atoms with van der Waals surface area (Å²) < 4.78 is 10.2. The monoisotopic (exact) mass is 340 g/mol. The van der Waals surface area contributed by atoms with Crippen LogP contribution < -0.4 is 10.8 Å². The average molecular weight is 340 g/mol. The Hall–Kier alpha value is -2.71. The summed E-state index contributed by atoms with van der Waals surface area (Å²) in [5, 5.41) is 12.4. The lowest BCUT2D eigenvalue weighted by Crippen LogP contribution is -2.35. The van der Waals surface area contributed by atoms with Crippen LogP contribution in [0, 0.1) is 6.92 Å². The summed E-state index contributed by atoms with van der Waals surface area (Å²) >= 11 is 0. The summed E-state index contributed by atoms with van der Waals surface area (Å²) in [6, 6.07) is 8.71. The number of rotatable bonds is 5. The third-order valence-electron chi connectivity index (χ3n) is 3.99. The smallest absolute Gasteiger partial charge is 0.458 e. The van der Waals surface area contributed by atoms with Crippen LogP contribution in [0.5, 0.6) is 0 Å². The molecule has 7 nitrogen and oxygen atoms in total. The number of benzene rings is 1. The molecule has 0 unspecified atom stereocenters. The molecule has 2 N–H and O–H groups in total. The molecule has 1 aromatic carbocycles. The average Bonchev–Trinajstić information content (AvgIpc) is 3.01. The highest BCUT2D eigenvalue weighted by Crippen LogP contribution is 2.16. The third-order valence-corrected chi connectivity index (χ3v) is 3.99. The number of nitrogens with one attached hydrogen (secondary N) is 1. The first-order valence-corrected chi connectivity index (χ1v) is 7.82. The van der Waals surface area contributed by atoms with Crippen LogP contribution in [0.25, 0.3) is 0 Å². The van der Waals surface area contributed by atoms with Gasteiger partial charge < -0.3 is 19.7 Å². The van der Waals surface area contributed by atoms with Crippen LogP contribution in [-0.4, -0.2) is 35.5 Å². The van der Waals surface area contributed by atoms with Gasteiger partial charge in [-0.2, -0.15) is 0 Å². The standard InChI is InChI=1S/C17H17BN2O5/c1-11-14(6-5-12-9-25-18(23)16(11)12)17(22)20-8-15(21)24-10-13-4-2-3-7-19-13/h2-7,23H,8-10H2,1H3,(H,20,22). The molecule has 0 aliphatic carbocycles. The third kappa shape index (κ3) is 3.86. The van der Waals surface area contributed by atoms with E-state index in [0.29, 0.717) is 28.9 Å². The minimum Gasteiger partial charge on any atom is -0.458 e. The van der Waals surface area contributed by atoms with Gasteiger partial charge in [0.25, 0.3) is 5.91 Å². The number of pyridine rings is 1. The highest BCUT2D eigenvalue weighted by Gasteiger charge is 2.31. The number of esters is 1. The lowest BCUT2D eigenvalue weighted by Gasteiger charge is -2.11. The molecule has 0 atom stereocenters. The number of hydrogen-bond donors (Lipinski definition) is 2. The highest BCUT2D eigenvalue weighted by molar-refractivity contribution is 6.62. The van der Waals surface area contributed by atoms with Crippen LogP contribution in [0.4, 0.5) is 0 Å². The Bertz CT molecular complexity index is 797. The zero-order chi connectivity index (χ0) is 17.8. The first-order chi connectivity index (χ1) is 12.1. The molecule has 0 fully saturated rings. The van der Waals surface area contributed by atoms with Crippen molar-refractivity contribution >= 4 is 24.5 Å². The maximum Gasteiger partial charge on any atom is 0.492 e. The van der Waals surface area contributed by atoms with Crippen LogP contribution in [0.3, 0.4) is 0 Å². The Labute approximate surface area is 145 Å². The Morgan fingerprint density at radius 2 is 2.20 bits per heavy atom. The zero-order valence-electron chi connectivity index (χ0n) is 13.7. The van der Waals surface area contributed by atoms with E-state index in [1.165, 1.54) is 0 Å². The zero-order valence-corrected chi connectivity index (χ0v) is 13.7. The fourth-order valence-corrected chi connectivity index (χ4v) is 2.69. The van der Waals surface area contributed by atoms with Crippen molar-refractivity contribution in [3.63, 3.8) is 0 Å². The molecule has 0 bridgehead atoms. The molecule has 1 aliphatic heterocycles. The normalized spacial score (nSPS) is 12.6. The Balaban J connectivity index is 1.56. The molecule has 1 aliphatic rings. The SMILES string of the molecule is Cc1c(C(=O)NCC(=O)OCc2ccccn2)ccc2c1B(O)OC2. The van der Waals surface area contributed by atoms with Gasteiger partial charge in [-0.25, -0.2) is 0 Å². The molecule has 3 rings (SSSR count). The topological polar surface area (TPSA) is 97.8 Å². The van der Waals surface area contributed by atoms with Crippen molar-refractivity contribution in [3.05, 3.63) is 58.9 Å². The summed E-state index contributed by atoms with van der Waals surface area (Å²) in [6.45, 7) is 1.86. The van der Waals surface area contributed by atoms with E-state index in [1.54, 1.807) is 43.5 Å². The van der Waals surface area contributed by atoms with Gasteiger partial charge in [0.1, 0.15) is 13.2 Å². The van der Waals surface area contributed by atoms with E-state index in [-0.39, 0.29) is 13.2 Å². The van der Waals surface area contributed by atoms with Gasteiger partial charge in [0.15, 0.2) is 0 Å². The summed E-state index contributed by atoms with van der Waals surface area (Å²) in [4.78, 5) is 28.1. The number of hydrogen-bond acceptors (Lipinski definition) is 6. The van der Waals surface area contributed by atoms with E-state index in [9.17, 15) is 14.6 Å². The molecule has 25 heavy (non-hydrogen) atoms. The molecule has 0 radical (unpaired) electrons. The second-order valence-electron chi connectivity index (χ2n) is 5.64. The number of amides is 1. The van der Waals surface area contributed by atoms with E-state index in [2.05, 4.69) is 10.3 Å². The van der Waals surface area contributed by atoms with Gasteiger partial charge in [0.2, 0.25) is 0 Å². The Morgan fingerprint density at radius 3 is 2.96 bits per heavy atom. The maximum absolute atomic E-state index is 12.3. The van der Waals surface area contributed by atoms with Gasteiger partial charge in [0.05, 0.1) is 12.3 Å². The summed E-state index contributed by atoms with van der Waals surface area (Å²) in [5.74, 6) is -0.963. The lowest BCUT2D eigenvalue weighted by molar-refractivity contribution is -0.143. The summed E-state index contributed by atoms with van der Waals surface area (Å²) in [5.41, 5.74) is 3.13. The van der Waals surface area contributed by atoms with Crippen LogP contribution in [-0.2, 0) is 27.4 Å². The number of nitrogens with zero attached hydrogens (tertiary/aromatic N) is 1. The molecular weight excluding hydrogens is 323 g/mol. The molecule has 2 aromatic rings. The van der Waals surface area contributed by atoms with E-state index in [4.69, 9.17) is 9.39 Å². The molecule has 1 amide bonds. The fraction of sp³-hybridized carbons (Fsp3) is 0.235. The van der Waals surface area contributed by atoms with Crippen molar-refractivity contribution in [1.29, 1.82) is 0 Å². The van der Waals surface area contributed by atoms with Crippen molar-refractivity contribution in [2.45, 2.75) is 20.1 Å². The number of carbonyl (C=O) groups is 2.